The largest absolute Gasteiger partial charge is 0.390 e. The van der Waals surface area contributed by atoms with E-state index < -0.39 is 6.10 Å². The van der Waals surface area contributed by atoms with Gasteiger partial charge in [0, 0.05) is 48.8 Å². The number of morpholine rings is 1. The van der Waals surface area contributed by atoms with Crippen LogP contribution in [0.15, 0.2) is 24.3 Å². The summed E-state index contributed by atoms with van der Waals surface area (Å²) in [4.78, 5) is 30.6. The van der Waals surface area contributed by atoms with Gasteiger partial charge in [-0.25, -0.2) is 0 Å². The molecular formula is C23H28N4O4. The van der Waals surface area contributed by atoms with Crippen LogP contribution in [0.5, 0.6) is 0 Å². The van der Waals surface area contributed by atoms with Gasteiger partial charge in [-0.15, -0.1) is 0 Å². The van der Waals surface area contributed by atoms with Crippen molar-refractivity contribution < 1.29 is 19.4 Å². The fourth-order valence-electron chi connectivity index (χ4n) is 4.13. The number of benzene rings is 1. The van der Waals surface area contributed by atoms with Gasteiger partial charge in [0.1, 0.15) is 0 Å². The molecule has 4 rings (SSSR count). The number of aliphatic hydroxyl groups excluding tert-OH is 1. The summed E-state index contributed by atoms with van der Waals surface area (Å²) >= 11 is 0. The molecule has 8 nitrogen and oxygen atoms in total. The van der Waals surface area contributed by atoms with Gasteiger partial charge in [-0.1, -0.05) is 18.2 Å². The maximum atomic E-state index is 12.8. The second-order valence-electron chi connectivity index (χ2n) is 8.00. The third kappa shape index (κ3) is 4.56. The summed E-state index contributed by atoms with van der Waals surface area (Å²) in [6, 6.07) is 7.53. The van der Waals surface area contributed by atoms with Crippen molar-refractivity contribution in [1.82, 2.24) is 15.2 Å². The number of β-amino-alcohol motifs (C(OH)–C–C–N with tert-alkyl or cyclic N) is 1. The summed E-state index contributed by atoms with van der Waals surface area (Å²) in [5.41, 5.74) is 4.94. The summed E-state index contributed by atoms with van der Waals surface area (Å²) in [5.74, 6) is -0.404. The zero-order valence-electron chi connectivity index (χ0n) is 17.8. The van der Waals surface area contributed by atoms with E-state index in [-0.39, 0.29) is 18.4 Å². The predicted octanol–water partition coefficient (Wildman–Crippen LogP) is 1.55. The molecule has 2 aliphatic rings. The molecule has 1 aromatic carbocycles. The normalized spacial score (nSPS) is 18.7. The minimum absolute atomic E-state index is 0.162. The number of carbonyl (C=O) groups is 2. The van der Waals surface area contributed by atoms with Crippen LogP contribution in [-0.2, 0) is 9.53 Å². The van der Waals surface area contributed by atoms with E-state index in [1.165, 1.54) is 0 Å². The molecule has 0 saturated carbocycles. The average molecular weight is 425 g/mol. The Kier molecular flexibility index (Phi) is 6.22. The number of aromatic amines is 1. The van der Waals surface area contributed by atoms with Crippen molar-refractivity contribution in [3.8, 4) is 0 Å². The Bertz CT molecular complexity index is 1020. The number of hydrogen-bond acceptors (Lipinski definition) is 5. The highest BCUT2D eigenvalue weighted by Crippen LogP contribution is 2.33. The Hall–Kier alpha value is -2.94. The fraction of sp³-hybridized carbons (Fsp3) is 0.391. The zero-order valence-corrected chi connectivity index (χ0v) is 17.8. The number of carbonyl (C=O) groups excluding carboxylic acids is 2. The minimum Gasteiger partial charge on any atom is -0.390 e. The molecule has 31 heavy (non-hydrogen) atoms. The van der Waals surface area contributed by atoms with Gasteiger partial charge in [-0.3, -0.25) is 14.5 Å². The molecular weight excluding hydrogens is 396 g/mol. The first-order valence-corrected chi connectivity index (χ1v) is 10.5. The van der Waals surface area contributed by atoms with E-state index in [0.29, 0.717) is 30.9 Å². The van der Waals surface area contributed by atoms with Crippen molar-refractivity contribution in [3.63, 3.8) is 0 Å². The summed E-state index contributed by atoms with van der Waals surface area (Å²) in [6.45, 7) is 7.27. The van der Waals surface area contributed by atoms with Gasteiger partial charge < -0.3 is 25.5 Å². The predicted molar refractivity (Wildman–Crippen MR) is 119 cm³/mol. The molecule has 1 unspecified atom stereocenters. The first-order valence-electron chi connectivity index (χ1n) is 10.5. The van der Waals surface area contributed by atoms with Crippen LogP contribution in [0.4, 0.5) is 5.69 Å². The quantitative estimate of drug-likeness (QED) is 0.527. The monoisotopic (exact) mass is 424 g/mol. The smallest absolute Gasteiger partial charge is 0.256 e. The fourth-order valence-corrected chi connectivity index (χ4v) is 4.13. The third-order valence-corrected chi connectivity index (χ3v) is 5.77. The number of ether oxygens (including phenoxy) is 1. The van der Waals surface area contributed by atoms with Gasteiger partial charge in [0.05, 0.1) is 30.5 Å². The lowest BCUT2D eigenvalue weighted by Crippen LogP contribution is -2.44. The van der Waals surface area contributed by atoms with E-state index in [1.54, 1.807) is 6.08 Å². The highest BCUT2D eigenvalue weighted by Gasteiger charge is 2.25. The Morgan fingerprint density at radius 1 is 1.29 bits per heavy atom. The van der Waals surface area contributed by atoms with Crippen LogP contribution in [0.2, 0.25) is 0 Å². The Balaban J connectivity index is 1.45. The maximum Gasteiger partial charge on any atom is 0.256 e. The Morgan fingerprint density at radius 3 is 2.81 bits per heavy atom. The molecule has 3 heterocycles. The van der Waals surface area contributed by atoms with E-state index in [1.807, 2.05) is 38.1 Å². The summed E-state index contributed by atoms with van der Waals surface area (Å²) in [6.07, 6.45) is 1.13. The molecule has 4 N–H and O–H groups in total. The van der Waals surface area contributed by atoms with Crippen molar-refractivity contribution in [3.05, 3.63) is 52.3 Å². The number of amides is 2. The Morgan fingerprint density at radius 2 is 2.03 bits per heavy atom. The van der Waals surface area contributed by atoms with E-state index in [4.69, 9.17) is 4.74 Å². The summed E-state index contributed by atoms with van der Waals surface area (Å²) in [7, 11) is 0. The number of hydrogen-bond donors (Lipinski definition) is 4. The van der Waals surface area contributed by atoms with Gasteiger partial charge in [0.25, 0.3) is 11.8 Å². The topological polar surface area (TPSA) is 107 Å². The maximum absolute atomic E-state index is 12.8. The number of nitrogens with zero attached hydrogens (tertiary/aromatic N) is 1. The molecule has 0 aliphatic carbocycles. The highest BCUT2D eigenvalue weighted by molar-refractivity contribution is 6.34. The molecule has 0 radical (unpaired) electrons. The van der Waals surface area contributed by atoms with Crippen LogP contribution in [0.3, 0.4) is 0 Å². The number of nitrogens with one attached hydrogen (secondary N) is 3. The summed E-state index contributed by atoms with van der Waals surface area (Å²) < 4.78 is 5.31. The van der Waals surface area contributed by atoms with Gasteiger partial charge in [0.15, 0.2) is 0 Å². The van der Waals surface area contributed by atoms with Gasteiger partial charge in [-0.2, -0.15) is 0 Å². The number of aromatic nitrogens is 1. The van der Waals surface area contributed by atoms with Crippen molar-refractivity contribution in [1.29, 1.82) is 0 Å². The second-order valence-corrected chi connectivity index (χ2v) is 8.00. The number of fused-ring (bicyclic) bond motifs is 1. The molecule has 164 valence electrons. The molecule has 1 atom stereocenters. The highest BCUT2D eigenvalue weighted by atomic mass is 16.5. The molecule has 2 aromatic rings. The van der Waals surface area contributed by atoms with Crippen LogP contribution in [0, 0.1) is 13.8 Å². The molecule has 2 aliphatic heterocycles. The number of aryl methyl sites for hydroxylation is 1. The standard InChI is InChI=1S/C23H28N4O4/c1-14-20(11-18-17-5-3-4-6-19(17)26-22(18)29)25-15(2)21(14)23(30)24-12-16(28)13-27-7-9-31-10-8-27/h3-6,11,16,25,28H,7-10,12-13H2,1-2H3,(H,24,30)(H,26,29). The SMILES string of the molecule is Cc1[nH]c(C=C2C(=O)Nc3ccccc32)c(C)c1C(=O)NCC(O)CN1CCOCC1. The second kappa shape index (κ2) is 9.05. The van der Waals surface area contributed by atoms with E-state index in [0.717, 1.165) is 41.3 Å². The first kappa shape index (κ1) is 21.3. The average Bonchev–Trinajstić information content (AvgIpc) is 3.22. The first-order chi connectivity index (χ1) is 14.9. The molecule has 1 saturated heterocycles. The minimum atomic E-state index is -0.651. The van der Waals surface area contributed by atoms with E-state index >= 15 is 0 Å². The van der Waals surface area contributed by atoms with Crippen LogP contribution in [0.25, 0.3) is 11.6 Å². The molecule has 2 amide bonds. The van der Waals surface area contributed by atoms with E-state index in [2.05, 4.69) is 20.5 Å². The van der Waals surface area contributed by atoms with Gasteiger partial charge in [-0.05, 0) is 31.6 Å². The number of rotatable bonds is 6. The van der Waals surface area contributed by atoms with Crippen LogP contribution in [0.1, 0.15) is 32.9 Å². The van der Waals surface area contributed by atoms with Crippen LogP contribution < -0.4 is 10.6 Å². The third-order valence-electron chi connectivity index (χ3n) is 5.77. The van der Waals surface area contributed by atoms with Crippen LogP contribution >= 0.6 is 0 Å². The van der Waals surface area contributed by atoms with Gasteiger partial charge in [0.2, 0.25) is 0 Å². The number of H-pyrrole nitrogens is 1. The molecule has 1 aromatic heterocycles. The van der Waals surface area contributed by atoms with Crippen LogP contribution in [-0.4, -0.2) is 72.3 Å². The molecule has 0 spiro atoms. The van der Waals surface area contributed by atoms with Crippen molar-refractivity contribution in [2.75, 3.05) is 44.7 Å². The lowest BCUT2D eigenvalue weighted by atomic mass is 10.0. The molecule has 0 bridgehead atoms. The molecule has 8 heteroatoms. The summed E-state index contributed by atoms with van der Waals surface area (Å²) in [5, 5.41) is 16.0. The molecule has 1 fully saturated rings. The number of aliphatic hydroxyl groups is 1. The zero-order chi connectivity index (χ0) is 22.0. The Labute approximate surface area is 181 Å². The van der Waals surface area contributed by atoms with E-state index in [9.17, 15) is 14.7 Å². The van der Waals surface area contributed by atoms with Gasteiger partial charge >= 0.3 is 0 Å². The lowest BCUT2D eigenvalue weighted by Gasteiger charge is -2.28. The van der Waals surface area contributed by atoms with Crippen molar-refractivity contribution >= 4 is 29.2 Å². The van der Waals surface area contributed by atoms with Crippen molar-refractivity contribution in [2.24, 2.45) is 0 Å². The van der Waals surface area contributed by atoms with Crippen molar-refractivity contribution in [2.45, 2.75) is 20.0 Å². The number of para-hydroxylation sites is 1. The number of anilines is 1. The lowest BCUT2D eigenvalue weighted by molar-refractivity contribution is -0.110.